The molecule has 0 saturated heterocycles. The summed E-state index contributed by atoms with van der Waals surface area (Å²) in [5, 5.41) is 0. The Balaban J connectivity index is 2.02. The normalized spacial score (nSPS) is 13.2. The smallest absolute Gasteiger partial charge is 0.268 e. The Hall–Kier alpha value is -2.73. The zero-order chi connectivity index (χ0) is 17.6. The average molecular weight is 355 g/mol. The Morgan fingerprint density at radius 1 is 1.04 bits per heavy atom. The second-order valence-corrected chi connectivity index (χ2v) is 7.76. The summed E-state index contributed by atoms with van der Waals surface area (Å²) in [5.41, 5.74) is 3.38. The number of carbonyl (C=O) groups excluding carboxylic acids is 1. The van der Waals surface area contributed by atoms with Gasteiger partial charge in [-0.05, 0) is 42.2 Å². The van der Waals surface area contributed by atoms with Crippen molar-refractivity contribution in [2.24, 2.45) is 0 Å². The van der Waals surface area contributed by atoms with Gasteiger partial charge in [-0.15, -0.1) is 0 Å². The highest BCUT2D eigenvalue weighted by Gasteiger charge is 2.29. The maximum atomic E-state index is 13.5. The van der Waals surface area contributed by atoms with Gasteiger partial charge in [-0.25, -0.2) is 16.8 Å². The molecule has 3 aromatic rings. The van der Waals surface area contributed by atoms with Crippen molar-refractivity contribution >= 4 is 16.3 Å². The molecule has 126 valence electrons. The van der Waals surface area contributed by atoms with E-state index in [9.17, 15) is 17.6 Å². The fourth-order valence-corrected chi connectivity index (χ4v) is 4.78. The Bertz CT molecular complexity index is 1100. The molecule has 0 bridgehead atoms. The zero-order valence-electron chi connectivity index (χ0n) is 13.1. The summed E-state index contributed by atoms with van der Waals surface area (Å²) in [6.45, 7) is 0. The number of benzene rings is 2. The van der Waals surface area contributed by atoms with Crippen LogP contribution in [0.4, 0.5) is 4.39 Å². The predicted molar refractivity (Wildman–Crippen MR) is 91.6 cm³/mol. The summed E-state index contributed by atoms with van der Waals surface area (Å²) in [6.07, 6.45) is 3.34. The number of fused-ring (bicyclic) bond motifs is 3. The van der Waals surface area contributed by atoms with E-state index in [0.717, 1.165) is 27.6 Å². The van der Waals surface area contributed by atoms with Gasteiger partial charge in [0.1, 0.15) is 5.82 Å². The van der Waals surface area contributed by atoms with E-state index in [1.807, 2.05) is 24.3 Å². The van der Waals surface area contributed by atoms with Gasteiger partial charge in [-0.2, -0.15) is 0 Å². The maximum Gasteiger partial charge on any atom is 0.268 e. The highest BCUT2D eigenvalue weighted by Crippen LogP contribution is 2.38. The third kappa shape index (κ3) is 2.41. The van der Waals surface area contributed by atoms with Crippen LogP contribution in [0.2, 0.25) is 0 Å². The molecule has 1 heterocycles. The summed E-state index contributed by atoms with van der Waals surface area (Å²) in [5.74, 6) is -0.627. The first-order valence-corrected chi connectivity index (χ1v) is 9.25. The van der Waals surface area contributed by atoms with E-state index in [4.69, 9.17) is 0 Å². The number of aldehydes is 1. The Morgan fingerprint density at radius 2 is 1.84 bits per heavy atom. The number of rotatable bonds is 3. The van der Waals surface area contributed by atoms with Gasteiger partial charge in [0.25, 0.3) is 10.0 Å². The van der Waals surface area contributed by atoms with Crippen LogP contribution in [0.3, 0.4) is 0 Å². The van der Waals surface area contributed by atoms with Crippen molar-refractivity contribution in [2.75, 3.05) is 0 Å². The first-order chi connectivity index (χ1) is 12.0. The van der Waals surface area contributed by atoms with E-state index in [2.05, 4.69) is 0 Å². The second-order valence-electron chi connectivity index (χ2n) is 5.94. The molecule has 1 aliphatic rings. The number of halogens is 1. The minimum absolute atomic E-state index is 0.147. The topological polar surface area (TPSA) is 56.1 Å². The van der Waals surface area contributed by atoms with Crippen molar-refractivity contribution < 1.29 is 17.6 Å². The molecule has 0 unspecified atom stereocenters. The summed E-state index contributed by atoms with van der Waals surface area (Å²) >= 11 is 0. The molecular formula is C19H14FNO3S. The molecule has 4 rings (SSSR count). The molecule has 25 heavy (non-hydrogen) atoms. The van der Waals surface area contributed by atoms with Gasteiger partial charge in [-0.1, -0.05) is 30.3 Å². The van der Waals surface area contributed by atoms with Gasteiger partial charge in [-0.3, -0.25) is 4.79 Å². The molecule has 0 radical (unpaired) electrons. The molecule has 2 aromatic carbocycles. The molecule has 0 N–H and O–H groups in total. The lowest BCUT2D eigenvalue weighted by Gasteiger charge is -2.19. The molecule has 0 amide bonds. The third-order valence-electron chi connectivity index (χ3n) is 4.51. The van der Waals surface area contributed by atoms with Crippen molar-refractivity contribution in [3.8, 4) is 11.3 Å². The minimum Gasteiger partial charge on any atom is -0.298 e. The van der Waals surface area contributed by atoms with Crippen LogP contribution in [-0.2, 0) is 22.9 Å². The van der Waals surface area contributed by atoms with Crippen molar-refractivity contribution in [1.82, 2.24) is 3.97 Å². The summed E-state index contributed by atoms with van der Waals surface area (Å²) < 4.78 is 40.8. The van der Waals surface area contributed by atoms with E-state index >= 15 is 0 Å². The maximum absolute atomic E-state index is 13.5. The predicted octanol–water partition coefficient (Wildman–Crippen LogP) is 3.44. The van der Waals surface area contributed by atoms with Gasteiger partial charge < -0.3 is 0 Å². The van der Waals surface area contributed by atoms with E-state index in [1.54, 1.807) is 0 Å². The highest BCUT2D eigenvalue weighted by atomic mass is 32.2. The van der Waals surface area contributed by atoms with Crippen LogP contribution in [-0.4, -0.2) is 18.7 Å². The van der Waals surface area contributed by atoms with Gasteiger partial charge in [0.2, 0.25) is 0 Å². The van der Waals surface area contributed by atoms with E-state index in [0.29, 0.717) is 29.5 Å². The van der Waals surface area contributed by atoms with Crippen LogP contribution in [0.15, 0.2) is 59.6 Å². The molecule has 1 aromatic heterocycles. The average Bonchev–Trinajstić information content (AvgIpc) is 3.02. The van der Waals surface area contributed by atoms with Crippen LogP contribution in [0.25, 0.3) is 11.3 Å². The van der Waals surface area contributed by atoms with Crippen molar-refractivity contribution in [3.63, 3.8) is 0 Å². The first kappa shape index (κ1) is 15.8. The minimum atomic E-state index is -4.02. The number of nitrogens with zero attached hydrogens (tertiary/aromatic N) is 1. The fourth-order valence-electron chi connectivity index (χ4n) is 3.34. The lowest BCUT2D eigenvalue weighted by atomic mass is 9.89. The number of hydrogen-bond acceptors (Lipinski definition) is 3. The Kier molecular flexibility index (Phi) is 3.58. The standard InChI is InChI=1S/C19H14FNO3S/c20-15-5-3-6-16(10-15)25(23,24)21-11-14(12-22)18-9-8-13-4-1-2-7-17(13)19(18)21/h1-7,10-12H,8-9H2. The van der Waals surface area contributed by atoms with Crippen LogP contribution in [0, 0.1) is 5.82 Å². The Morgan fingerprint density at radius 3 is 2.60 bits per heavy atom. The van der Waals surface area contributed by atoms with Crippen molar-refractivity contribution in [3.05, 3.63) is 77.2 Å². The van der Waals surface area contributed by atoms with Gasteiger partial charge in [0, 0.05) is 17.3 Å². The fraction of sp³-hybridized carbons (Fsp3) is 0.105. The molecule has 4 nitrogen and oxygen atoms in total. The second kappa shape index (κ2) is 5.67. The van der Waals surface area contributed by atoms with E-state index in [-0.39, 0.29) is 4.90 Å². The van der Waals surface area contributed by atoms with Crippen LogP contribution < -0.4 is 0 Å². The van der Waals surface area contributed by atoms with Crippen molar-refractivity contribution in [2.45, 2.75) is 17.7 Å². The molecule has 6 heteroatoms. The largest absolute Gasteiger partial charge is 0.298 e. The lowest BCUT2D eigenvalue weighted by Crippen LogP contribution is -2.16. The lowest BCUT2D eigenvalue weighted by molar-refractivity contribution is 0.112. The summed E-state index contributed by atoms with van der Waals surface area (Å²) in [7, 11) is -4.02. The summed E-state index contributed by atoms with van der Waals surface area (Å²) in [6, 6.07) is 12.4. The third-order valence-corrected chi connectivity index (χ3v) is 6.16. The molecule has 1 aliphatic carbocycles. The monoisotopic (exact) mass is 355 g/mol. The Labute approximate surface area is 144 Å². The van der Waals surface area contributed by atoms with Crippen molar-refractivity contribution in [1.29, 1.82) is 0 Å². The molecule has 0 spiro atoms. The van der Waals surface area contributed by atoms with E-state index < -0.39 is 15.8 Å². The number of hydrogen-bond donors (Lipinski definition) is 0. The van der Waals surface area contributed by atoms with Gasteiger partial charge in [0.15, 0.2) is 6.29 Å². The molecule has 0 aliphatic heterocycles. The molecular weight excluding hydrogens is 341 g/mol. The first-order valence-electron chi connectivity index (χ1n) is 7.81. The zero-order valence-corrected chi connectivity index (χ0v) is 14.0. The van der Waals surface area contributed by atoms with E-state index in [1.165, 1.54) is 24.4 Å². The molecule has 0 saturated carbocycles. The van der Waals surface area contributed by atoms with Gasteiger partial charge in [0.05, 0.1) is 10.6 Å². The highest BCUT2D eigenvalue weighted by molar-refractivity contribution is 7.90. The van der Waals surface area contributed by atoms with Crippen LogP contribution in [0.1, 0.15) is 21.5 Å². The van der Waals surface area contributed by atoms with Gasteiger partial charge >= 0.3 is 0 Å². The van der Waals surface area contributed by atoms with Crippen LogP contribution in [0.5, 0.6) is 0 Å². The number of aryl methyl sites for hydroxylation is 1. The quantitative estimate of drug-likeness (QED) is 0.676. The number of aromatic nitrogens is 1. The molecule has 0 fully saturated rings. The van der Waals surface area contributed by atoms with Crippen LogP contribution >= 0.6 is 0 Å². The SMILES string of the molecule is O=Cc1cn(S(=O)(=O)c2cccc(F)c2)c2c1CCc1ccccc1-2. The summed E-state index contributed by atoms with van der Waals surface area (Å²) in [4.78, 5) is 11.3. The molecule has 0 atom stereocenters. The number of carbonyl (C=O) groups is 1.